The molecule has 1 aromatic rings. The molecular weight excluding hydrogens is 178 g/mol. The van der Waals surface area contributed by atoms with Gasteiger partial charge in [0.15, 0.2) is 0 Å². The van der Waals surface area contributed by atoms with Gasteiger partial charge in [0.25, 0.3) is 0 Å². The molecule has 0 spiro atoms. The van der Waals surface area contributed by atoms with E-state index in [9.17, 15) is 5.11 Å². The number of ether oxygens (including phenoxy) is 1. The molecule has 3 nitrogen and oxygen atoms in total. The minimum atomic E-state index is -0.394. The second kappa shape index (κ2) is 3.98. The summed E-state index contributed by atoms with van der Waals surface area (Å²) in [4.78, 5) is 0. The highest BCUT2D eigenvalue weighted by Crippen LogP contribution is 2.17. The molecule has 2 N–H and O–H groups in total. The smallest absolute Gasteiger partial charge is 0.0996 e. The Labute approximate surface area is 83.7 Å². The van der Waals surface area contributed by atoms with Crippen LogP contribution in [0.15, 0.2) is 24.3 Å². The number of nitrogens with one attached hydrogen (secondary N) is 1. The van der Waals surface area contributed by atoms with Crippen molar-refractivity contribution in [2.45, 2.75) is 19.1 Å². The van der Waals surface area contributed by atoms with Crippen molar-refractivity contribution in [1.82, 2.24) is 0 Å². The zero-order chi connectivity index (χ0) is 9.97. The normalized spacial score (nSPS) is 26.4. The van der Waals surface area contributed by atoms with E-state index in [2.05, 4.69) is 5.32 Å². The molecule has 76 valence electrons. The molecule has 0 radical (unpaired) electrons. The molecule has 2 atom stereocenters. The lowest BCUT2D eigenvalue weighted by Gasteiger charge is -2.17. The maximum Gasteiger partial charge on any atom is 0.0996 e. The van der Waals surface area contributed by atoms with Crippen LogP contribution in [0.3, 0.4) is 0 Å². The summed E-state index contributed by atoms with van der Waals surface area (Å²) in [5.74, 6) is 0. The number of rotatable bonds is 2. The zero-order valence-corrected chi connectivity index (χ0v) is 8.23. The van der Waals surface area contributed by atoms with Gasteiger partial charge >= 0.3 is 0 Å². The Morgan fingerprint density at radius 1 is 1.36 bits per heavy atom. The largest absolute Gasteiger partial charge is 0.388 e. The van der Waals surface area contributed by atoms with E-state index in [1.165, 1.54) is 5.56 Å². The lowest BCUT2D eigenvalue weighted by molar-refractivity contribution is 0.125. The molecule has 0 bridgehead atoms. The summed E-state index contributed by atoms with van der Waals surface area (Å²) in [7, 11) is 0. The molecule has 1 saturated heterocycles. The quantitative estimate of drug-likeness (QED) is 0.740. The van der Waals surface area contributed by atoms with E-state index in [-0.39, 0.29) is 6.04 Å². The number of hydrogen-bond acceptors (Lipinski definition) is 3. The van der Waals surface area contributed by atoms with Crippen molar-refractivity contribution in [3.63, 3.8) is 0 Å². The Morgan fingerprint density at radius 2 is 2.14 bits per heavy atom. The molecule has 0 saturated carbocycles. The van der Waals surface area contributed by atoms with Gasteiger partial charge in [0.1, 0.15) is 0 Å². The lowest BCUT2D eigenvalue weighted by Crippen LogP contribution is -2.32. The predicted octanol–water partition coefficient (Wildman–Crippen LogP) is 1.17. The average molecular weight is 193 g/mol. The first-order chi connectivity index (χ1) is 6.77. The van der Waals surface area contributed by atoms with Crippen molar-refractivity contribution in [2.75, 3.05) is 18.5 Å². The van der Waals surface area contributed by atoms with Crippen LogP contribution in [0.1, 0.15) is 5.56 Å². The van der Waals surface area contributed by atoms with Gasteiger partial charge in [-0.3, -0.25) is 0 Å². The second-order valence-corrected chi connectivity index (χ2v) is 3.67. The first-order valence-electron chi connectivity index (χ1n) is 4.85. The summed E-state index contributed by atoms with van der Waals surface area (Å²) in [6.07, 6.45) is -0.394. The van der Waals surface area contributed by atoms with Crippen molar-refractivity contribution in [3.05, 3.63) is 29.8 Å². The first kappa shape index (κ1) is 9.49. The van der Waals surface area contributed by atoms with Crippen LogP contribution in [-0.4, -0.2) is 30.5 Å². The van der Waals surface area contributed by atoms with E-state index in [4.69, 9.17) is 4.74 Å². The number of aliphatic hydroxyl groups is 1. The lowest BCUT2D eigenvalue weighted by atomic mass is 10.1. The Morgan fingerprint density at radius 3 is 2.79 bits per heavy atom. The number of hydrogen-bond donors (Lipinski definition) is 2. The Bertz CT molecular complexity index is 314. The van der Waals surface area contributed by atoms with Crippen molar-refractivity contribution in [2.24, 2.45) is 0 Å². The van der Waals surface area contributed by atoms with Crippen LogP contribution in [0, 0.1) is 6.92 Å². The predicted molar refractivity (Wildman–Crippen MR) is 55.4 cm³/mol. The Kier molecular flexibility index (Phi) is 2.70. The molecule has 1 aliphatic rings. The van der Waals surface area contributed by atoms with Crippen LogP contribution in [0.5, 0.6) is 0 Å². The fraction of sp³-hybridized carbons (Fsp3) is 0.455. The average Bonchev–Trinajstić information content (AvgIpc) is 2.56. The van der Waals surface area contributed by atoms with Gasteiger partial charge < -0.3 is 15.2 Å². The summed E-state index contributed by atoms with van der Waals surface area (Å²) in [6, 6.07) is 8.07. The van der Waals surface area contributed by atoms with E-state index in [1.54, 1.807) is 0 Å². The maximum absolute atomic E-state index is 9.55. The van der Waals surface area contributed by atoms with E-state index in [0.29, 0.717) is 13.2 Å². The number of anilines is 1. The molecule has 1 heterocycles. The van der Waals surface area contributed by atoms with Gasteiger partial charge in [0, 0.05) is 5.69 Å². The minimum absolute atomic E-state index is 0.0242. The van der Waals surface area contributed by atoms with Crippen LogP contribution in [0.4, 0.5) is 5.69 Å². The van der Waals surface area contributed by atoms with Gasteiger partial charge in [-0.25, -0.2) is 0 Å². The van der Waals surface area contributed by atoms with Gasteiger partial charge in [-0.05, 0) is 18.6 Å². The SMILES string of the molecule is Cc1ccccc1N[C@@H]1COC[C@@H]1O. The van der Waals surface area contributed by atoms with Crippen LogP contribution < -0.4 is 5.32 Å². The Balaban J connectivity index is 2.07. The molecule has 1 aliphatic heterocycles. The fourth-order valence-electron chi connectivity index (χ4n) is 1.62. The number of para-hydroxylation sites is 1. The van der Waals surface area contributed by atoms with Gasteiger partial charge in [0.05, 0.1) is 25.4 Å². The third kappa shape index (κ3) is 1.89. The zero-order valence-electron chi connectivity index (χ0n) is 8.23. The van der Waals surface area contributed by atoms with Crippen LogP contribution in [0.2, 0.25) is 0 Å². The van der Waals surface area contributed by atoms with E-state index in [0.717, 1.165) is 5.69 Å². The molecule has 3 heteroatoms. The number of benzene rings is 1. The van der Waals surface area contributed by atoms with Crippen LogP contribution in [0.25, 0.3) is 0 Å². The monoisotopic (exact) mass is 193 g/mol. The van der Waals surface area contributed by atoms with E-state index in [1.807, 2.05) is 31.2 Å². The van der Waals surface area contributed by atoms with Gasteiger partial charge in [-0.15, -0.1) is 0 Å². The summed E-state index contributed by atoms with van der Waals surface area (Å²) in [5, 5.41) is 12.8. The molecule has 1 aromatic carbocycles. The van der Waals surface area contributed by atoms with Gasteiger partial charge in [-0.1, -0.05) is 18.2 Å². The van der Waals surface area contributed by atoms with Gasteiger partial charge in [-0.2, -0.15) is 0 Å². The van der Waals surface area contributed by atoms with Crippen LogP contribution in [-0.2, 0) is 4.74 Å². The third-order valence-corrected chi connectivity index (χ3v) is 2.54. The maximum atomic E-state index is 9.55. The second-order valence-electron chi connectivity index (χ2n) is 3.67. The van der Waals surface area contributed by atoms with E-state index < -0.39 is 6.10 Å². The summed E-state index contributed by atoms with van der Waals surface area (Å²) < 4.78 is 5.17. The molecule has 1 fully saturated rings. The van der Waals surface area contributed by atoms with Crippen molar-refractivity contribution >= 4 is 5.69 Å². The number of aliphatic hydroxyl groups excluding tert-OH is 1. The highest BCUT2D eigenvalue weighted by Gasteiger charge is 2.25. The van der Waals surface area contributed by atoms with Gasteiger partial charge in [0.2, 0.25) is 0 Å². The topological polar surface area (TPSA) is 41.5 Å². The highest BCUT2D eigenvalue weighted by atomic mass is 16.5. The standard InChI is InChI=1S/C11H15NO2/c1-8-4-2-3-5-9(8)12-10-6-14-7-11(10)13/h2-5,10-13H,6-7H2,1H3/t10-,11+/m1/s1. The highest BCUT2D eigenvalue weighted by molar-refractivity contribution is 5.51. The Hall–Kier alpha value is -1.06. The molecule has 0 unspecified atom stereocenters. The first-order valence-corrected chi connectivity index (χ1v) is 4.85. The van der Waals surface area contributed by atoms with Crippen molar-refractivity contribution < 1.29 is 9.84 Å². The third-order valence-electron chi connectivity index (χ3n) is 2.54. The molecule has 2 rings (SSSR count). The summed E-state index contributed by atoms with van der Waals surface area (Å²) in [6.45, 7) is 3.06. The van der Waals surface area contributed by atoms with E-state index >= 15 is 0 Å². The summed E-state index contributed by atoms with van der Waals surface area (Å²) >= 11 is 0. The number of aryl methyl sites for hydroxylation is 1. The fourth-order valence-corrected chi connectivity index (χ4v) is 1.62. The van der Waals surface area contributed by atoms with Crippen LogP contribution >= 0.6 is 0 Å². The molecule has 0 aromatic heterocycles. The summed E-state index contributed by atoms with van der Waals surface area (Å²) in [5.41, 5.74) is 2.26. The van der Waals surface area contributed by atoms with Crippen molar-refractivity contribution in [3.8, 4) is 0 Å². The molecule has 0 aliphatic carbocycles. The molecule has 14 heavy (non-hydrogen) atoms. The minimum Gasteiger partial charge on any atom is -0.388 e. The van der Waals surface area contributed by atoms with Crippen molar-refractivity contribution in [1.29, 1.82) is 0 Å². The molecular formula is C11H15NO2. The molecule has 0 amide bonds.